The molecule has 0 aliphatic rings. The highest BCUT2D eigenvalue weighted by Gasteiger charge is 2.24. The number of nitrogens with zero attached hydrogens (tertiary/aromatic N) is 1. The summed E-state index contributed by atoms with van der Waals surface area (Å²) in [5, 5.41) is 2.77. The van der Waals surface area contributed by atoms with Gasteiger partial charge in [0.15, 0.2) is 0 Å². The zero-order chi connectivity index (χ0) is 15.9. The predicted molar refractivity (Wildman–Crippen MR) is 84.5 cm³/mol. The molecule has 0 radical (unpaired) electrons. The molecule has 7 nitrogen and oxygen atoms in total. The van der Waals surface area contributed by atoms with Gasteiger partial charge in [-0.05, 0) is 32.3 Å². The maximum atomic E-state index is 12.3. The summed E-state index contributed by atoms with van der Waals surface area (Å²) in [5.41, 5.74) is 0. The fourth-order valence-electron chi connectivity index (χ4n) is 1.68. The van der Waals surface area contributed by atoms with E-state index in [2.05, 4.69) is 20.0 Å². The van der Waals surface area contributed by atoms with Crippen LogP contribution in [0, 0.1) is 0 Å². The third-order valence-corrected chi connectivity index (χ3v) is 4.96. The van der Waals surface area contributed by atoms with E-state index >= 15 is 0 Å². The summed E-state index contributed by atoms with van der Waals surface area (Å²) in [6.07, 6.45) is 5.62. The van der Waals surface area contributed by atoms with Crippen LogP contribution < -0.4 is 10.0 Å². The number of carbonyl (C=O) groups is 1. The van der Waals surface area contributed by atoms with Crippen molar-refractivity contribution in [2.45, 2.75) is 32.4 Å². The number of carbonyl (C=O) groups excluding carboxylic acids is 1. The number of hydrogen-bond donors (Lipinski definition) is 3. The number of amides is 1. The average Bonchev–Trinajstić information content (AvgIpc) is 2.97. The molecule has 120 valence electrons. The van der Waals surface area contributed by atoms with Crippen LogP contribution in [-0.2, 0) is 14.8 Å². The number of hydrogen-bond acceptors (Lipinski definition) is 5. The Bertz CT molecular complexity index is 531. The molecule has 1 amide bonds. The normalized spacial score (nSPS) is 14.6. The Kier molecular flexibility index (Phi) is 7.20. The monoisotopic (exact) mass is 334 g/mol. The molecule has 1 aromatic heterocycles. The van der Waals surface area contributed by atoms with Gasteiger partial charge in [-0.15, -0.1) is 0 Å². The van der Waals surface area contributed by atoms with Crippen LogP contribution in [0.25, 0.3) is 0 Å². The molecule has 1 rings (SSSR count). The van der Waals surface area contributed by atoms with Crippen LogP contribution in [0.3, 0.4) is 0 Å². The molecule has 1 heterocycles. The molecule has 0 saturated carbocycles. The zero-order valence-electron chi connectivity index (χ0n) is 12.4. The van der Waals surface area contributed by atoms with E-state index in [0.29, 0.717) is 18.0 Å². The molecule has 0 aliphatic heterocycles. The van der Waals surface area contributed by atoms with Gasteiger partial charge in [-0.25, -0.2) is 18.1 Å². The molecule has 0 bridgehead atoms. The summed E-state index contributed by atoms with van der Waals surface area (Å²) in [7, 11) is -3.43. The summed E-state index contributed by atoms with van der Waals surface area (Å²) >= 11 is 1.56. The van der Waals surface area contributed by atoms with E-state index in [0.717, 1.165) is 0 Å². The van der Waals surface area contributed by atoms with Crippen molar-refractivity contribution in [3.63, 3.8) is 0 Å². The lowest BCUT2D eigenvalue weighted by molar-refractivity contribution is -0.123. The first-order chi connectivity index (χ1) is 9.89. The molecule has 1 aromatic rings. The third-order valence-electron chi connectivity index (χ3n) is 2.92. The Morgan fingerprint density at radius 2 is 2.24 bits per heavy atom. The molecule has 0 saturated heterocycles. The van der Waals surface area contributed by atoms with E-state index in [9.17, 15) is 13.2 Å². The van der Waals surface area contributed by atoms with Crippen LogP contribution in [0.5, 0.6) is 0 Å². The Morgan fingerprint density at radius 1 is 1.52 bits per heavy atom. The van der Waals surface area contributed by atoms with Crippen LogP contribution in [0.2, 0.25) is 0 Å². The first-order valence-electron chi connectivity index (χ1n) is 6.68. The van der Waals surface area contributed by atoms with Crippen LogP contribution in [0.1, 0.15) is 32.1 Å². The molecule has 0 aliphatic carbocycles. The van der Waals surface area contributed by atoms with Gasteiger partial charge in [-0.3, -0.25) is 4.79 Å². The third kappa shape index (κ3) is 6.06. The van der Waals surface area contributed by atoms with Crippen molar-refractivity contribution in [2.75, 3.05) is 17.8 Å². The number of sulfonamides is 1. The summed E-state index contributed by atoms with van der Waals surface area (Å²) in [6.45, 7) is 3.33. The van der Waals surface area contributed by atoms with Crippen LogP contribution in [0.4, 0.5) is 0 Å². The van der Waals surface area contributed by atoms with Gasteiger partial charge in [0, 0.05) is 12.4 Å². The van der Waals surface area contributed by atoms with Gasteiger partial charge in [0.1, 0.15) is 11.9 Å². The maximum Gasteiger partial charge on any atom is 0.238 e. The number of aromatic nitrogens is 2. The first kappa shape index (κ1) is 18.0. The lowest BCUT2D eigenvalue weighted by Gasteiger charge is -2.20. The molecule has 21 heavy (non-hydrogen) atoms. The molecular formula is C12H22N4O3S2. The molecule has 9 heteroatoms. The van der Waals surface area contributed by atoms with Crippen molar-refractivity contribution in [2.24, 2.45) is 0 Å². The molecule has 0 aromatic carbocycles. The minimum atomic E-state index is -3.43. The fourth-order valence-corrected chi connectivity index (χ4v) is 2.97. The van der Waals surface area contributed by atoms with E-state index in [1.165, 1.54) is 6.92 Å². The van der Waals surface area contributed by atoms with Crippen LogP contribution in [-0.4, -0.2) is 48.1 Å². The Balaban J connectivity index is 2.70. The van der Waals surface area contributed by atoms with Gasteiger partial charge < -0.3 is 10.3 Å². The smallest absolute Gasteiger partial charge is 0.238 e. The summed E-state index contributed by atoms with van der Waals surface area (Å²) in [6, 6.07) is -1.07. The topological polar surface area (TPSA) is 104 Å². The van der Waals surface area contributed by atoms with E-state index in [1.807, 2.05) is 6.26 Å². The lowest BCUT2D eigenvalue weighted by Crippen LogP contribution is -2.48. The summed E-state index contributed by atoms with van der Waals surface area (Å²) in [4.78, 5) is 19.2. The van der Waals surface area contributed by atoms with Gasteiger partial charge in [0.2, 0.25) is 15.9 Å². The predicted octanol–water partition coefficient (Wildman–Crippen LogP) is 0.648. The number of thioether (sulfide) groups is 1. The van der Waals surface area contributed by atoms with E-state index < -0.39 is 16.1 Å². The van der Waals surface area contributed by atoms with Crippen molar-refractivity contribution in [1.82, 2.24) is 20.0 Å². The highest BCUT2D eigenvalue weighted by atomic mass is 32.2. The summed E-state index contributed by atoms with van der Waals surface area (Å²) < 4.78 is 25.8. The second-order valence-corrected chi connectivity index (χ2v) is 7.59. The number of aromatic amines is 1. The first-order valence-corrected chi connectivity index (χ1v) is 9.72. The fraction of sp³-hybridized carbons (Fsp3) is 0.667. The van der Waals surface area contributed by atoms with E-state index in [-0.39, 0.29) is 17.7 Å². The Labute approximate surface area is 129 Å². The molecular weight excluding hydrogens is 312 g/mol. The second kappa shape index (κ2) is 8.40. The van der Waals surface area contributed by atoms with Gasteiger partial charge in [0.25, 0.3) is 0 Å². The van der Waals surface area contributed by atoms with Gasteiger partial charge in [-0.2, -0.15) is 11.8 Å². The van der Waals surface area contributed by atoms with Crippen molar-refractivity contribution in [3.05, 3.63) is 18.2 Å². The molecule has 0 spiro atoms. The maximum absolute atomic E-state index is 12.3. The highest BCUT2D eigenvalue weighted by molar-refractivity contribution is 7.98. The zero-order valence-corrected chi connectivity index (χ0v) is 14.1. The van der Waals surface area contributed by atoms with Crippen molar-refractivity contribution < 1.29 is 13.2 Å². The van der Waals surface area contributed by atoms with E-state index in [1.54, 1.807) is 31.1 Å². The van der Waals surface area contributed by atoms with Crippen molar-refractivity contribution in [3.8, 4) is 0 Å². The molecule has 0 fully saturated rings. The van der Waals surface area contributed by atoms with Gasteiger partial charge in [-0.1, -0.05) is 0 Å². The number of imidazole rings is 1. The van der Waals surface area contributed by atoms with Gasteiger partial charge in [0.05, 0.1) is 11.8 Å². The second-order valence-electron chi connectivity index (χ2n) is 4.56. The van der Waals surface area contributed by atoms with Gasteiger partial charge >= 0.3 is 0 Å². The number of H-pyrrole nitrogens is 1. The van der Waals surface area contributed by atoms with E-state index in [4.69, 9.17) is 0 Å². The quantitative estimate of drug-likeness (QED) is 0.615. The highest BCUT2D eigenvalue weighted by Crippen LogP contribution is 2.08. The molecule has 2 atom stereocenters. The Hall–Kier alpha value is -1.06. The average molecular weight is 334 g/mol. The van der Waals surface area contributed by atoms with Crippen LogP contribution >= 0.6 is 11.8 Å². The number of rotatable bonds is 9. The van der Waals surface area contributed by atoms with Crippen LogP contribution in [0.15, 0.2) is 12.4 Å². The Morgan fingerprint density at radius 3 is 2.76 bits per heavy atom. The minimum Gasteiger partial charge on any atom is -0.347 e. The standard InChI is InChI=1S/C12H22N4O3S2/c1-4-21(18,19)16-10(5-8-20-3)12(17)15-9(2)11-13-6-7-14-11/h6-7,9-10,16H,4-5,8H2,1-3H3,(H,13,14)(H,15,17). The minimum absolute atomic E-state index is 0.0518. The summed E-state index contributed by atoms with van der Waals surface area (Å²) in [5.74, 6) is 0.929. The SMILES string of the molecule is CCS(=O)(=O)NC(CCSC)C(=O)NC(C)c1ncc[nH]1. The molecule has 2 unspecified atom stereocenters. The van der Waals surface area contributed by atoms with Crippen molar-refractivity contribution in [1.29, 1.82) is 0 Å². The lowest BCUT2D eigenvalue weighted by atomic mass is 10.2. The largest absolute Gasteiger partial charge is 0.347 e. The molecule has 3 N–H and O–H groups in total. The number of nitrogens with one attached hydrogen (secondary N) is 3. The van der Waals surface area contributed by atoms with Crippen molar-refractivity contribution >= 4 is 27.7 Å².